The minimum atomic E-state index is -0.977. The van der Waals surface area contributed by atoms with Gasteiger partial charge in [0.05, 0.1) is 6.20 Å². The summed E-state index contributed by atoms with van der Waals surface area (Å²) in [7, 11) is 0. The maximum Gasteiger partial charge on any atom is 0.147 e. The van der Waals surface area contributed by atoms with Crippen LogP contribution in [0.2, 0.25) is 0 Å². The molecule has 0 saturated carbocycles. The van der Waals surface area contributed by atoms with Crippen LogP contribution in [0, 0.1) is 12.7 Å². The number of halogens is 2. The van der Waals surface area contributed by atoms with E-state index in [0.29, 0.717) is 5.56 Å². The van der Waals surface area contributed by atoms with Gasteiger partial charge in [0, 0.05) is 16.2 Å². The SMILES string of the molecule is Cc1ccc(C(O)c2ccncc2F)cc1Br. The first-order valence-electron chi connectivity index (χ1n) is 5.13. The molecule has 2 aromatic rings. The molecule has 17 heavy (non-hydrogen) atoms. The summed E-state index contributed by atoms with van der Waals surface area (Å²) in [6, 6.07) is 6.93. The van der Waals surface area contributed by atoms with Crippen LogP contribution in [0.4, 0.5) is 4.39 Å². The first-order valence-corrected chi connectivity index (χ1v) is 5.92. The summed E-state index contributed by atoms with van der Waals surface area (Å²) in [6.07, 6.45) is 1.59. The Morgan fingerprint density at radius 1 is 1.35 bits per heavy atom. The molecule has 0 radical (unpaired) electrons. The van der Waals surface area contributed by atoms with E-state index in [9.17, 15) is 9.50 Å². The van der Waals surface area contributed by atoms with Gasteiger partial charge in [0.25, 0.3) is 0 Å². The van der Waals surface area contributed by atoms with Crippen molar-refractivity contribution in [3.05, 3.63) is 63.6 Å². The Kier molecular flexibility index (Phi) is 3.54. The quantitative estimate of drug-likeness (QED) is 0.921. The van der Waals surface area contributed by atoms with Gasteiger partial charge in [-0.15, -0.1) is 0 Å². The lowest BCUT2D eigenvalue weighted by atomic mass is 10.0. The third-order valence-electron chi connectivity index (χ3n) is 2.61. The lowest BCUT2D eigenvalue weighted by molar-refractivity contribution is 0.214. The number of pyridine rings is 1. The zero-order chi connectivity index (χ0) is 12.4. The standard InChI is InChI=1S/C13H11BrFNO/c1-8-2-3-9(6-11(8)14)13(17)10-4-5-16-7-12(10)15/h2-7,13,17H,1H3. The van der Waals surface area contributed by atoms with Crippen LogP contribution in [-0.2, 0) is 0 Å². The average molecular weight is 296 g/mol. The molecular formula is C13H11BrFNO. The van der Waals surface area contributed by atoms with Gasteiger partial charge in [-0.25, -0.2) is 4.39 Å². The van der Waals surface area contributed by atoms with E-state index in [-0.39, 0.29) is 5.56 Å². The van der Waals surface area contributed by atoms with Gasteiger partial charge in [0.2, 0.25) is 0 Å². The molecule has 1 unspecified atom stereocenters. The second kappa shape index (κ2) is 4.94. The van der Waals surface area contributed by atoms with E-state index in [0.717, 1.165) is 16.2 Å². The zero-order valence-electron chi connectivity index (χ0n) is 9.19. The summed E-state index contributed by atoms with van der Waals surface area (Å²) in [5.41, 5.74) is 1.94. The topological polar surface area (TPSA) is 33.1 Å². The molecule has 0 fully saturated rings. The summed E-state index contributed by atoms with van der Waals surface area (Å²) < 4.78 is 14.4. The predicted molar refractivity (Wildman–Crippen MR) is 67.1 cm³/mol. The van der Waals surface area contributed by atoms with Gasteiger partial charge in [0.1, 0.15) is 11.9 Å². The minimum Gasteiger partial charge on any atom is -0.384 e. The maximum atomic E-state index is 13.5. The van der Waals surface area contributed by atoms with Crippen LogP contribution in [0.3, 0.4) is 0 Å². The summed E-state index contributed by atoms with van der Waals surface area (Å²) in [5, 5.41) is 10.1. The number of hydrogen-bond donors (Lipinski definition) is 1. The molecule has 88 valence electrons. The van der Waals surface area contributed by atoms with Gasteiger partial charge in [-0.3, -0.25) is 4.98 Å². The fourth-order valence-electron chi connectivity index (χ4n) is 1.57. The Morgan fingerprint density at radius 2 is 2.12 bits per heavy atom. The van der Waals surface area contributed by atoms with Gasteiger partial charge < -0.3 is 5.11 Å². The number of aliphatic hydroxyl groups is 1. The Balaban J connectivity index is 2.40. The number of benzene rings is 1. The van der Waals surface area contributed by atoms with Crippen molar-refractivity contribution in [3.63, 3.8) is 0 Å². The van der Waals surface area contributed by atoms with Gasteiger partial charge in [0.15, 0.2) is 0 Å². The van der Waals surface area contributed by atoms with Gasteiger partial charge in [-0.1, -0.05) is 28.1 Å². The van der Waals surface area contributed by atoms with Crippen molar-refractivity contribution in [2.75, 3.05) is 0 Å². The van der Waals surface area contributed by atoms with Crippen LogP contribution < -0.4 is 0 Å². The van der Waals surface area contributed by atoms with Crippen LogP contribution >= 0.6 is 15.9 Å². The fourth-order valence-corrected chi connectivity index (χ4v) is 1.96. The van der Waals surface area contributed by atoms with Crippen molar-refractivity contribution in [2.45, 2.75) is 13.0 Å². The molecule has 1 aromatic heterocycles. The lowest BCUT2D eigenvalue weighted by Gasteiger charge is -2.13. The second-order valence-corrected chi connectivity index (χ2v) is 4.66. The minimum absolute atomic E-state index is 0.232. The monoisotopic (exact) mass is 295 g/mol. The molecule has 2 rings (SSSR count). The highest BCUT2D eigenvalue weighted by molar-refractivity contribution is 9.10. The lowest BCUT2D eigenvalue weighted by Crippen LogP contribution is -2.03. The molecule has 0 aliphatic carbocycles. The number of aliphatic hydroxyl groups excluding tert-OH is 1. The van der Waals surface area contributed by atoms with Crippen LogP contribution in [0.15, 0.2) is 41.1 Å². The van der Waals surface area contributed by atoms with Crippen molar-refractivity contribution in [3.8, 4) is 0 Å². The van der Waals surface area contributed by atoms with Crippen molar-refractivity contribution in [2.24, 2.45) is 0 Å². The van der Waals surface area contributed by atoms with Gasteiger partial charge in [-0.05, 0) is 30.2 Å². The van der Waals surface area contributed by atoms with E-state index >= 15 is 0 Å². The molecule has 1 heterocycles. The largest absolute Gasteiger partial charge is 0.384 e. The van der Waals surface area contributed by atoms with E-state index in [1.54, 1.807) is 12.1 Å². The van der Waals surface area contributed by atoms with Crippen LogP contribution in [0.25, 0.3) is 0 Å². The van der Waals surface area contributed by atoms with E-state index < -0.39 is 11.9 Å². The third kappa shape index (κ3) is 2.53. The van der Waals surface area contributed by atoms with Crippen molar-refractivity contribution in [1.82, 2.24) is 4.98 Å². The van der Waals surface area contributed by atoms with Crippen molar-refractivity contribution >= 4 is 15.9 Å². The molecule has 1 atom stereocenters. The van der Waals surface area contributed by atoms with E-state index in [2.05, 4.69) is 20.9 Å². The number of nitrogens with zero attached hydrogens (tertiary/aromatic N) is 1. The fraction of sp³-hybridized carbons (Fsp3) is 0.154. The number of aromatic nitrogens is 1. The predicted octanol–water partition coefficient (Wildman–Crippen LogP) is 3.37. The third-order valence-corrected chi connectivity index (χ3v) is 3.46. The van der Waals surface area contributed by atoms with Crippen LogP contribution in [0.1, 0.15) is 22.8 Å². The Hall–Kier alpha value is -1.26. The molecule has 1 N–H and O–H groups in total. The molecule has 0 saturated heterocycles. The van der Waals surface area contributed by atoms with Crippen molar-refractivity contribution in [1.29, 1.82) is 0 Å². The average Bonchev–Trinajstić information content (AvgIpc) is 2.32. The van der Waals surface area contributed by atoms with Gasteiger partial charge in [-0.2, -0.15) is 0 Å². The molecule has 0 aliphatic heterocycles. The summed E-state index contributed by atoms with van der Waals surface area (Å²) in [5.74, 6) is -0.503. The second-order valence-electron chi connectivity index (χ2n) is 3.81. The Bertz CT molecular complexity index is 545. The molecular weight excluding hydrogens is 285 g/mol. The van der Waals surface area contributed by atoms with Crippen LogP contribution in [0.5, 0.6) is 0 Å². The van der Waals surface area contributed by atoms with E-state index in [4.69, 9.17) is 0 Å². The smallest absolute Gasteiger partial charge is 0.147 e. The van der Waals surface area contributed by atoms with Gasteiger partial charge >= 0.3 is 0 Å². The Labute approximate surface area is 107 Å². The molecule has 0 bridgehead atoms. The zero-order valence-corrected chi connectivity index (χ0v) is 10.8. The highest BCUT2D eigenvalue weighted by Crippen LogP contribution is 2.27. The molecule has 0 aliphatic rings. The number of aryl methyl sites for hydroxylation is 1. The summed E-state index contributed by atoms with van der Waals surface area (Å²) in [4.78, 5) is 3.66. The highest BCUT2D eigenvalue weighted by Gasteiger charge is 2.15. The molecule has 1 aromatic carbocycles. The van der Waals surface area contributed by atoms with Crippen molar-refractivity contribution < 1.29 is 9.50 Å². The highest BCUT2D eigenvalue weighted by atomic mass is 79.9. The van der Waals surface area contributed by atoms with Crippen LogP contribution in [-0.4, -0.2) is 10.1 Å². The number of rotatable bonds is 2. The van der Waals surface area contributed by atoms with E-state index in [1.165, 1.54) is 12.3 Å². The summed E-state index contributed by atoms with van der Waals surface area (Å²) in [6.45, 7) is 1.95. The molecule has 0 amide bonds. The normalized spacial score (nSPS) is 12.5. The molecule has 2 nitrogen and oxygen atoms in total. The first kappa shape index (κ1) is 12.2. The number of hydrogen-bond acceptors (Lipinski definition) is 2. The van der Waals surface area contributed by atoms with E-state index in [1.807, 2.05) is 13.0 Å². The summed E-state index contributed by atoms with van der Waals surface area (Å²) >= 11 is 3.39. The maximum absolute atomic E-state index is 13.5. The Morgan fingerprint density at radius 3 is 2.76 bits per heavy atom. The molecule has 0 spiro atoms. The molecule has 4 heteroatoms. The first-order chi connectivity index (χ1) is 8.09.